The average Bonchev–Trinajstić information content (AvgIpc) is 3.41. The van der Waals surface area contributed by atoms with Crippen molar-refractivity contribution in [3.63, 3.8) is 0 Å². The zero-order valence-electron chi connectivity index (χ0n) is 23.8. The molecule has 1 saturated heterocycles. The number of rotatable bonds is 10. The molecule has 18 nitrogen and oxygen atoms in total. The molecule has 1 fully saturated rings. The van der Waals surface area contributed by atoms with Crippen molar-refractivity contribution in [3.8, 4) is 17.6 Å². The number of aliphatic carboxylic acids is 1. The molecule has 5 N–H and O–H groups in total. The van der Waals surface area contributed by atoms with Crippen LogP contribution in [0, 0.1) is 0 Å². The number of carboxylic acid groups (broad SMARTS) is 1. The number of carboxylic acids is 1. The van der Waals surface area contributed by atoms with Gasteiger partial charge in [0.15, 0.2) is 0 Å². The molecule has 0 bridgehead atoms. The zero-order valence-corrected chi connectivity index (χ0v) is 27.5. The minimum absolute atomic E-state index is 0. The maximum absolute atomic E-state index is 13.8. The number of tetrazole rings is 1. The van der Waals surface area contributed by atoms with Gasteiger partial charge in [-0.25, -0.2) is 14.5 Å². The van der Waals surface area contributed by atoms with Crippen molar-refractivity contribution in [2.75, 3.05) is 23.5 Å². The van der Waals surface area contributed by atoms with Gasteiger partial charge in [-0.1, -0.05) is 23.9 Å². The number of urea groups is 1. The molecule has 2 aliphatic heterocycles. The molecule has 230 valence electrons. The molecule has 5 rings (SSSR count). The van der Waals surface area contributed by atoms with Gasteiger partial charge in [-0.2, -0.15) is 4.98 Å². The van der Waals surface area contributed by atoms with Gasteiger partial charge in [-0.15, -0.1) is 16.9 Å². The molecule has 45 heavy (non-hydrogen) atoms. The molecule has 0 saturated carbocycles. The van der Waals surface area contributed by atoms with E-state index < -0.39 is 47.2 Å². The first-order valence-corrected chi connectivity index (χ1v) is 14.6. The number of thioether (sulfide) groups is 2. The summed E-state index contributed by atoms with van der Waals surface area (Å²) in [6.45, 7) is 0. The summed E-state index contributed by atoms with van der Waals surface area (Å²) < 4.78 is 6.29. The van der Waals surface area contributed by atoms with Gasteiger partial charge in [0, 0.05) is 18.6 Å². The fourth-order valence-electron chi connectivity index (χ4n) is 4.59. The summed E-state index contributed by atoms with van der Waals surface area (Å²) in [5.41, 5.74) is 5.55. The number of primary amides is 1. The number of nitrogens with two attached hydrogens (primary N) is 1. The second-order valence-electron chi connectivity index (χ2n) is 9.28. The molecular weight excluding hydrogens is 643 g/mol. The van der Waals surface area contributed by atoms with Crippen LogP contribution in [0.15, 0.2) is 46.9 Å². The Kier molecular flexibility index (Phi) is 10.4. The van der Waals surface area contributed by atoms with E-state index in [1.807, 2.05) is 0 Å². The number of aromatic hydroxyl groups is 2. The van der Waals surface area contributed by atoms with Crippen molar-refractivity contribution < 1.29 is 68.8 Å². The first kappa shape index (κ1) is 33.8. The molecule has 4 heterocycles. The number of hydrogen-bond donors (Lipinski definition) is 4. The van der Waals surface area contributed by atoms with Gasteiger partial charge in [-0.05, 0) is 33.7 Å². The standard InChI is InChI=1S/C24H24N10O8S2.Na/c1-32-24(29-30-31-32)44-9-11-8-43-20-14(19(38)34(20)16(11)21(39)40)27-18(37)15(10-3-5-12(35)6-4-10)33(22(25)41)13-7-26-23(42-2)28-17(13)36;/h3-7,14-15,20,35H,8-9H2,1-2H3,(H2,25,41)(H,27,37)(H,39,40)(H,26,28,36);/q;+1/p-1/t14?,15?,20-;/m0./s1. The van der Waals surface area contributed by atoms with Gasteiger partial charge in [0.2, 0.25) is 16.9 Å². The minimum atomic E-state index is -1.59. The number of benzene rings is 1. The van der Waals surface area contributed by atoms with Crippen LogP contribution in [-0.4, -0.2) is 99.1 Å². The summed E-state index contributed by atoms with van der Waals surface area (Å²) in [5.74, 6) is -3.68. The molecule has 0 aliphatic carbocycles. The number of amides is 4. The molecule has 0 spiro atoms. The number of hydrogen-bond acceptors (Lipinski definition) is 15. The monoisotopic (exact) mass is 666 g/mol. The average molecular weight is 667 g/mol. The number of phenols is 1. The third-order valence-electron chi connectivity index (χ3n) is 6.62. The number of anilines is 1. The first-order chi connectivity index (χ1) is 21.0. The van der Waals surface area contributed by atoms with Crippen LogP contribution in [0.4, 0.5) is 10.5 Å². The number of β-lactam (4-membered cyclic amide) rings is 1. The van der Waals surface area contributed by atoms with Crippen molar-refractivity contribution in [1.82, 2.24) is 40.4 Å². The summed E-state index contributed by atoms with van der Waals surface area (Å²) in [7, 11) is 2.88. The quantitative estimate of drug-likeness (QED) is 0.0900. The van der Waals surface area contributed by atoms with Crippen molar-refractivity contribution in [2.24, 2.45) is 12.8 Å². The van der Waals surface area contributed by atoms with E-state index in [0.29, 0.717) is 15.6 Å². The molecule has 2 aliphatic rings. The predicted octanol–water partition coefficient (Wildman–Crippen LogP) is -4.75. The summed E-state index contributed by atoms with van der Waals surface area (Å²) in [5, 5.41) is 45.8. The second-order valence-corrected chi connectivity index (χ2v) is 11.3. The van der Waals surface area contributed by atoms with E-state index in [1.54, 1.807) is 7.05 Å². The summed E-state index contributed by atoms with van der Waals surface area (Å²) in [6.07, 6.45) is 1.02. The third kappa shape index (κ3) is 6.64. The van der Waals surface area contributed by atoms with Crippen LogP contribution in [0.1, 0.15) is 11.6 Å². The van der Waals surface area contributed by atoms with Crippen molar-refractivity contribution >= 4 is 53.0 Å². The van der Waals surface area contributed by atoms with Gasteiger partial charge in [-0.3, -0.25) is 19.4 Å². The zero-order chi connectivity index (χ0) is 31.7. The van der Waals surface area contributed by atoms with E-state index in [2.05, 4.69) is 30.8 Å². The number of aromatic nitrogens is 6. The number of ether oxygens (including phenoxy) is 1. The normalized spacial score (nSPS) is 17.8. The number of nitrogens with zero attached hydrogens (tertiary/aromatic N) is 8. The number of phenolic OH excluding ortho intramolecular Hbond substituents is 1. The molecule has 0 radical (unpaired) electrons. The van der Waals surface area contributed by atoms with Gasteiger partial charge < -0.3 is 35.9 Å². The van der Waals surface area contributed by atoms with Gasteiger partial charge in [0.25, 0.3) is 5.91 Å². The predicted molar refractivity (Wildman–Crippen MR) is 150 cm³/mol. The summed E-state index contributed by atoms with van der Waals surface area (Å²) in [6, 6.07) is 1.03. The van der Waals surface area contributed by atoms with Crippen molar-refractivity contribution in [2.45, 2.75) is 22.6 Å². The maximum atomic E-state index is 13.8. The Morgan fingerprint density at radius 2 is 2.00 bits per heavy atom. The van der Waals surface area contributed by atoms with E-state index in [4.69, 9.17) is 10.5 Å². The smallest absolute Gasteiger partial charge is 0.543 e. The Bertz CT molecular complexity index is 1670. The fraction of sp³-hybridized carbons (Fsp3) is 0.292. The number of methoxy groups -OCH3 is 1. The fourth-order valence-corrected chi connectivity index (χ4v) is 6.92. The van der Waals surface area contributed by atoms with Crippen LogP contribution in [0.3, 0.4) is 0 Å². The molecule has 21 heteroatoms. The third-order valence-corrected chi connectivity index (χ3v) is 9.05. The minimum Gasteiger partial charge on any atom is -0.543 e. The van der Waals surface area contributed by atoms with Crippen LogP contribution < -0.4 is 55.4 Å². The Labute approximate surface area is 284 Å². The molecule has 2 unspecified atom stereocenters. The van der Waals surface area contributed by atoms with E-state index >= 15 is 0 Å². The van der Waals surface area contributed by atoms with Gasteiger partial charge in [0.1, 0.15) is 28.9 Å². The van der Waals surface area contributed by atoms with Crippen molar-refractivity contribution in [3.05, 3.63) is 47.3 Å². The number of carbonyl (C=O) groups is 4. The maximum Gasteiger partial charge on any atom is 1.00 e. The number of nitrogens with one attached hydrogen (secondary N) is 1. The van der Waals surface area contributed by atoms with Crippen LogP contribution in [0.5, 0.6) is 17.6 Å². The molecule has 2 aromatic heterocycles. The molecular formula is C24H23N10NaO8S2. The molecule has 4 amide bonds. The number of carbonyl (C=O) groups excluding carboxylic acids is 4. The topological polar surface area (TPSA) is 255 Å². The Morgan fingerprint density at radius 1 is 1.29 bits per heavy atom. The Hall–Kier alpha value is -4.11. The summed E-state index contributed by atoms with van der Waals surface area (Å²) in [4.78, 5) is 61.4. The first-order valence-electron chi connectivity index (χ1n) is 12.5. The van der Waals surface area contributed by atoms with Gasteiger partial charge in [0.05, 0.1) is 25.0 Å². The van der Waals surface area contributed by atoms with E-state index in [9.17, 15) is 34.5 Å². The Balaban J connectivity index is 0.00000461. The largest absolute Gasteiger partial charge is 1.00 e. The van der Waals surface area contributed by atoms with Gasteiger partial charge >= 0.3 is 41.6 Å². The van der Waals surface area contributed by atoms with Crippen LogP contribution >= 0.6 is 23.5 Å². The van der Waals surface area contributed by atoms with Crippen LogP contribution in [0.2, 0.25) is 0 Å². The number of fused-ring (bicyclic) bond motifs is 1. The van der Waals surface area contributed by atoms with Crippen LogP contribution in [0.25, 0.3) is 0 Å². The SMILES string of the molecule is COc1ncc(N(C(N)=O)C(C(=O)NC2C(=O)N3C(C(=O)[O-])=C(CSc4nnnn4C)CS[C@@H]23)c2ccc(O)cc2)c(O)n1.[Na+]. The summed E-state index contributed by atoms with van der Waals surface area (Å²) >= 11 is 2.40. The van der Waals surface area contributed by atoms with Crippen LogP contribution in [-0.2, 0) is 21.4 Å². The van der Waals surface area contributed by atoms with E-state index in [-0.39, 0.29) is 69.8 Å². The molecule has 3 aromatic rings. The van der Waals surface area contributed by atoms with E-state index in [0.717, 1.165) is 11.1 Å². The second kappa shape index (κ2) is 13.9. The van der Waals surface area contributed by atoms with E-state index in [1.165, 1.54) is 59.6 Å². The van der Waals surface area contributed by atoms with Crippen molar-refractivity contribution in [1.29, 1.82) is 0 Å². The molecule has 3 atom stereocenters. The number of aryl methyl sites for hydroxylation is 1. The molecule has 1 aromatic carbocycles. The Morgan fingerprint density at radius 3 is 2.58 bits per heavy atom.